The van der Waals surface area contributed by atoms with E-state index in [2.05, 4.69) is 11.2 Å². The Kier molecular flexibility index (Phi) is 3.02. The van der Waals surface area contributed by atoms with E-state index in [1.54, 1.807) is 4.68 Å². The van der Waals surface area contributed by atoms with Crippen LogP contribution in [0.2, 0.25) is 0 Å². The van der Waals surface area contributed by atoms with E-state index in [1.165, 1.54) is 12.8 Å². The molecule has 0 atom stereocenters. The predicted octanol–water partition coefficient (Wildman–Crippen LogP) is 1.37. The molecule has 0 bridgehead atoms. The summed E-state index contributed by atoms with van der Waals surface area (Å²) in [7, 11) is 1.86. The Morgan fingerprint density at radius 2 is 2.32 bits per heavy atom. The molecular weight excluding hydrogens is 240 g/mol. The van der Waals surface area contributed by atoms with Crippen molar-refractivity contribution in [1.82, 2.24) is 14.7 Å². The number of hydrogen-bond donors (Lipinski definition) is 0. The lowest BCUT2D eigenvalue weighted by Gasteiger charge is -2.20. The molecule has 0 saturated heterocycles. The van der Waals surface area contributed by atoms with Gasteiger partial charge in [0, 0.05) is 25.6 Å². The zero-order chi connectivity index (χ0) is 13.4. The summed E-state index contributed by atoms with van der Waals surface area (Å²) in [5.74, 6) is 0.881. The molecule has 5 nitrogen and oxygen atoms in total. The van der Waals surface area contributed by atoms with Gasteiger partial charge in [0.05, 0.1) is 12.2 Å². The Morgan fingerprint density at radius 3 is 3.00 bits per heavy atom. The highest BCUT2D eigenvalue weighted by molar-refractivity contribution is 5.76. The molecule has 0 spiro atoms. The van der Waals surface area contributed by atoms with Gasteiger partial charge in [-0.1, -0.05) is 0 Å². The first-order valence-electron chi connectivity index (χ1n) is 6.91. The molecular formula is C14H18N4O. The Balaban J connectivity index is 1.81. The molecule has 1 fully saturated rings. The van der Waals surface area contributed by atoms with Crippen LogP contribution in [0.4, 0.5) is 0 Å². The van der Waals surface area contributed by atoms with E-state index in [4.69, 9.17) is 5.26 Å². The second kappa shape index (κ2) is 4.69. The molecule has 1 saturated carbocycles. The van der Waals surface area contributed by atoms with Gasteiger partial charge in [-0.15, -0.1) is 0 Å². The van der Waals surface area contributed by atoms with E-state index in [1.807, 2.05) is 11.9 Å². The van der Waals surface area contributed by atoms with Crippen LogP contribution in [0.1, 0.15) is 42.6 Å². The Labute approximate surface area is 112 Å². The third kappa shape index (κ3) is 2.35. The van der Waals surface area contributed by atoms with Crippen LogP contribution in [0.15, 0.2) is 0 Å². The fourth-order valence-corrected chi connectivity index (χ4v) is 2.77. The van der Waals surface area contributed by atoms with Gasteiger partial charge in [0.25, 0.3) is 0 Å². The lowest BCUT2D eigenvalue weighted by Crippen LogP contribution is -2.31. The smallest absolute Gasteiger partial charge is 0.223 e. The largest absolute Gasteiger partial charge is 0.337 e. The number of carbonyl (C=O) groups excluding carboxylic acids is 1. The van der Waals surface area contributed by atoms with E-state index in [-0.39, 0.29) is 5.91 Å². The first-order chi connectivity index (χ1) is 9.19. The van der Waals surface area contributed by atoms with Crippen molar-refractivity contribution in [1.29, 1.82) is 5.26 Å². The summed E-state index contributed by atoms with van der Waals surface area (Å²) in [4.78, 5) is 14.2. The van der Waals surface area contributed by atoms with Gasteiger partial charge in [-0.05, 0) is 31.6 Å². The van der Waals surface area contributed by atoms with Crippen LogP contribution in [0.25, 0.3) is 0 Å². The molecule has 19 heavy (non-hydrogen) atoms. The highest BCUT2D eigenvalue weighted by Crippen LogP contribution is 2.33. The topological polar surface area (TPSA) is 61.9 Å². The van der Waals surface area contributed by atoms with Gasteiger partial charge < -0.3 is 4.90 Å². The Bertz CT molecular complexity index is 551. The summed E-state index contributed by atoms with van der Waals surface area (Å²) in [6, 6.07) is 2.15. The van der Waals surface area contributed by atoms with Crippen molar-refractivity contribution >= 4 is 5.91 Å². The van der Waals surface area contributed by atoms with Gasteiger partial charge >= 0.3 is 0 Å². The number of aryl methyl sites for hydroxylation is 1. The number of aromatic nitrogens is 2. The van der Waals surface area contributed by atoms with Crippen LogP contribution in [0, 0.1) is 17.2 Å². The highest BCUT2D eigenvalue weighted by atomic mass is 16.2. The summed E-state index contributed by atoms with van der Waals surface area (Å²) < 4.78 is 1.76. The number of amides is 1. The summed E-state index contributed by atoms with van der Waals surface area (Å²) in [5.41, 5.74) is 2.58. The quantitative estimate of drug-likeness (QED) is 0.804. The van der Waals surface area contributed by atoms with Crippen LogP contribution in [0.3, 0.4) is 0 Å². The minimum Gasteiger partial charge on any atom is -0.337 e. The third-order valence-corrected chi connectivity index (χ3v) is 4.09. The minimum absolute atomic E-state index is 0.259. The van der Waals surface area contributed by atoms with Crippen molar-refractivity contribution in [2.24, 2.45) is 13.0 Å². The number of nitriles is 1. The van der Waals surface area contributed by atoms with Crippen molar-refractivity contribution in [2.75, 3.05) is 6.54 Å². The Hall–Kier alpha value is -1.83. The maximum Gasteiger partial charge on any atom is 0.223 e. The molecule has 0 N–H and O–H groups in total. The van der Waals surface area contributed by atoms with Gasteiger partial charge in [0.2, 0.25) is 5.91 Å². The van der Waals surface area contributed by atoms with Gasteiger partial charge in [0.1, 0.15) is 6.07 Å². The van der Waals surface area contributed by atoms with Crippen LogP contribution in [-0.2, 0) is 24.8 Å². The fourth-order valence-electron chi connectivity index (χ4n) is 2.77. The predicted molar refractivity (Wildman–Crippen MR) is 69.0 cm³/mol. The second-order valence-corrected chi connectivity index (χ2v) is 5.58. The lowest BCUT2D eigenvalue weighted by atomic mass is 10.1. The molecule has 1 amide bonds. The van der Waals surface area contributed by atoms with Crippen molar-refractivity contribution in [3.8, 4) is 6.07 Å². The summed E-state index contributed by atoms with van der Waals surface area (Å²) in [6.07, 6.45) is 4.87. The van der Waals surface area contributed by atoms with Crippen molar-refractivity contribution in [3.05, 3.63) is 17.0 Å². The molecule has 0 radical (unpaired) electrons. The number of rotatable bonds is 2. The maximum atomic E-state index is 12.2. The number of hydrogen-bond acceptors (Lipinski definition) is 3. The van der Waals surface area contributed by atoms with Gasteiger partial charge in [0.15, 0.2) is 5.69 Å². The highest BCUT2D eigenvalue weighted by Gasteiger charge is 2.29. The van der Waals surface area contributed by atoms with Gasteiger partial charge in [-0.3, -0.25) is 9.48 Å². The number of nitrogens with zero attached hydrogens (tertiary/aromatic N) is 4. The van der Waals surface area contributed by atoms with Crippen molar-refractivity contribution < 1.29 is 4.79 Å². The zero-order valence-corrected chi connectivity index (χ0v) is 11.2. The van der Waals surface area contributed by atoms with E-state index < -0.39 is 0 Å². The van der Waals surface area contributed by atoms with Crippen LogP contribution < -0.4 is 0 Å². The summed E-state index contributed by atoms with van der Waals surface area (Å²) in [5, 5.41) is 13.3. The second-order valence-electron chi connectivity index (χ2n) is 5.58. The molecule has 5 heteroatoms. The standard InChI is InChI=1S/C14H18N4O/c1-17-13-9-18(14(19)7-10-4-5-10)6-2-3-11(13)12(8-15)16-17/h10H,2-7,9H2,1H3. The molecule has 0 aromatic carbocycles. The maximum absolute atomic E-state index is 12.2. The molecule has 1 aliphatic carbocycles. The number of carbonyl (C=O) groups is 1. The summed E-state index contributed by atoms with van der Waals surface area (Å²) in [6.45, 7) is 1.40. The first-order valence-corrected chi connectivity index (χ1v) is 6.91. The lowest BCUT2D eigenvalue weighted by molar-refractivity contribution is -0.132. The normalized spacial score (nSPS) is 18.6. The van der Waals surface area contributed by atoms with Gasteiger partial charge in [-0.2, -0.15) is 10.4 Å². The average molecular weight is 258 g/mol. The molecule has 3 rings (SSSR count). The van der Waals surface area contributed by atoms with Crippen molar-refractivity contribution in [2.45, 2.75) is 38.6 Å². The fraction of sp³-hybridized carbons (Fsp3) is 0.643. The van der Waals surface area contributed by atoms with Crippen LogP contribution >= 0.6 is 0 Å². The van der Waals surface area contributed by atoms with Crippen LogP contribution in [0.5, 0.6) is 0 Å². The van der Waals surface area contributed by atoms with Crippen LogP contribution in [-0.4, -0.2) is 27.1 Å². The number of fused-ring (bicyclic) bond motifs is 1. The molecule has 1 aliphatic heterocycles. The third-order valence-electron chi connectivity index (χ3n) is 4.09. The Morgan fingerprint density at radius 1 is 1.53 bits per heavy atom. The monoisotopic (exact) mass is 258 g/mol. The molecule has 2 heterocycles. The molecule has 1 aromatic rings. The van der Waals surface area contributed by atoms with E-state index in [9.17, 15) is 4.79 Å². The zero-order valence-electron chi connectivity index (χ0n) is 11.2. The first kappa shape index (κ1) is 12.2. The van der Waals surface area contributed by atoms with E-state index >= 15 is 0 Å². The molecule has 2 aliphatic rings. The van der Waals surface area contributed by atoms with Gasteiger partial charge in [-0.25, -0.2) is 0 Å². The molecule has 100 valence electrons. The summed E-state index contributed by atoms with van der Waals surface area (Å²) >= 11 is 0. The average Bonchev–Trinajstić information content (AvgIpc) is 3.17. The minimum atomic E-state index is 0.259. The van der Waals surface area contributed by atoms with E-state index in [0.29, 0.717) is 24.6 Å². The SMILES string of the molecule is Cn1nc(C#N)c2c1CN(C(=O)CC1CC1)CCC2. The van der Waals surface area contributed by atoms with E-state index in [0.717, 1.165) is 30.6 Å². The van der Waals surface area contributed by atoms with Crippen molar-refractivity contribution in [3.63, 3.8) is 0 Å². The molecule has 0 unspecified atom stereocenters. The molecule has 1 aromatic heterocycles.